The van der Waals surface area contributed by atoms with Gasteiger partial charge in [-0.1, -0.05) is 19.3 Å². The van der Waals surface area contributed by atoms with Gasteiger partial charge in [0.15, 0.2) is 0 Å². The average molecular weight is 247 g/mol. The number of hydrogen-bond donors (Lipinski definition) is 2. The fraction of sp³-hybridized carbons (Fsp3) is 0.571. The van der Waals surface area contributed by atoms with Crippen molar-refractivity contribution in [3.8, 4) is 0 Å². The highest BCUT2D eigenvalue weighted by Crippen LogP contribution is 2.16. The molecule has 1 heterocycles. The molecule has 1 aliphatic carbocycles. The van der Waals surface area contributed by atoms with Crippen LogP contribution in [0.25, 0.3) is 0 Å². The summed E-state index contributed by atoms with van der Waals surface area (Å²) in [5.41, 5.74) is 1.08. The van der Waals surface area contributed by atoms with Crippen LogP contribution in [0.2, 0.25) is 0 Å². The molecule has 0 aliphatic heterocycles. The molecule has 1 aromatic rings. The number of carbonyl (C=O) groups is 1. The molecule has 0 unspecified atom stereocenters. The number of pyridine rings is 1. The number of aromatic nitrogens is 1. The molecule has 98 valence electrons. The van der Waals surface area contributed by atoms with Gasteiger partial charge >= 0.3 is 0 Å². The SMILES string of the molecule is O=C(CNC1CCCCC1)NCc1ccncc1. The molecular weight excluding hydrogens is 226 g/mol. The molecule has 1 fully saturated rings. The Morgan fingerprint density at radius 1 is 1.22 bits per heavy atom. The molecule has 0 aromatic carbocycles. The molecule has 1 amide bonds. The zero-order valence-electron chi connectivity index (χ0n) is 10.7. The quantitative estimate of drug-likeness (QED) is 0.831. The van der Waals surface area contributed by atoms with Gasteiger partial charge in [0.25, 0.3) is 0 Å². The standard InChI is InChI=1S/C14H21N3O/c18-14(11-16-13-4-2-1-3-5-13)17-10-12-6-8-15-9-7-12/h6-9,13,16H,1-5,10-11H2,(H,17,18). The van der Waals surface area contributed by atoms with Crippen LogP contribution in [0, 0.1) is 0 Å². The van der Waals surface area contributed by atoms with E-state index in [2.05, 4.69) is 15.6 Å². The van der Waals surface area contributed by atoms with Crippen LogP contribution < -0.4 is 10.6 Å². The first-order chi connectivity index (χ1) is 8.84. The second-order valence-electron chi connectivity index (χ2n) is 4.85. The second-order valence-corrected chi connectivity index (χ2v) is 4.85. The predicted octanol–water partition coefficient (Wildman–Crippen LogP) is 1.62. The van der Waals surface area contributed by atoms with E-state index in [0.29, 0.717) is 19.1 Å². The van der Waals surface area contributed by atoms with Crippen molar-refractivity contribution in [3.63, 3.8) is 0 Å². The molecule has 0 bridgehead atoms. The summed E-state index contributed by atoms with van der Waals surface area (Å²) in [4.78, 5) is 15.6. The maximum atomic E-state index is 11.7. The van der Waals surface area contributed by atoms with Crippen LogP contribution >= 0.6 is 0 Å². The van der Waals surface area contributed by atoms with Crippen LogP contribution in [0.15, 0.2) is 24.5 Å². The number of rotatable bonds is 5. The lowest BCUT2D eigenvalue weighted by Crippen LogP contribution is -2.39. The minimum absolute atomic E-state index is 0.0670. The molecule has 2 rings (SSSR count). The fourth-order valence-electron chi connectivity index (χ4n) is 2.31. The van der Waals surface area contributed by atoms with Gasteiger partial charge in [0, 0.05) is 25.0 Å². The highest BCUT2D eigenvalue weighted by Gasteiger charge is 2.13. The zero-order chi connectivity index (χ0) is 12.6. The van der Waals surface area contributed by atoms with Crippen molar-refractivity contribution in [2.24, 2.45) is 0 Å². The third-order valence-corrected chi connectivity index (χ3v) is 3.40. The maximum absolute atomic E-state index is 11.7. The molecule has 1 saturated carbocycles. The van der Waals surface area contributed by atoms with Gasteiger partial charge in [-0.25, -0.2) is 0 Å². The average Bonchev–Trinajstić information content (AvgIpc) is 2.45. The number of carbonyl (C=O) groups excluding carboxylic acids is 1. The van der Waals surface area contributed by atoms with Gasteiger partial charge in [-0.2, -0.15) is 0 Å². The number of nitrogens with zero attached hydrogens (tertiary/aromatic N) is 1. The summed E-state index contributed by atoms with van der Waals surface area (Å²) in [5.74, 6) is 0.0670. The van der Waals surface area contributed by atoms with E-state index >= 15 is 0 Å². The molecule has 1 aromatic heterocycles. The Labute approximate surface area is 108 Å². The molecule has 2 N–H and O–H groups in total. The Kier molecular flexibility index (Phi) is 5.15. The van der Waals surface area contributed by atoms with Crippen LogP contribution in [-0.4, -0.2) is 23.5 Å². The van der Waals surface area contributed by atoms with E-state index in [1.165, 1.54) is 32.1 Å². The van der Waals surface area contributed by atoms with E-state index in [4.69, 9.17) is 0 Å². The number of nitrogens with one attached hydrogen (secondary N) is 2. The fourth-order valence-corrected chi connectivity index (χ4v) is 2.31. The number of amides is 1. The molecule has 0 spiro atoms. The predicted molar refractivity (Wildman–Crippen MR) is 71.0 cm³/mol. The van der Waals surface area contributed by atoms with Gasteiger partial charge in [0.1, 0.15) is 0 Å². The van der Waals surface area contributed by atoms with Gasteiger partial charge in [-0.3, -0.25) is 9.78 Å². The van der Waals surface area contributed by atoms with Crippen LogP contribution in [0.3, 0.4) is 0 Å². The summed E-state index contributed by atoms with van der Waals surface area (Å²) in [7, 11) is 0. The summed E-state index contributed by atoms with van der Waals surface area (Å²) in [5, 5.41) is 6.24. The first-order valence-electron chi connectivity index (χ1n) is 6.73. The normalized spacial score (nSPS) is 16.4. The Morgan fingerprint density at radius 2 is 1.94 bits per heavy atom. The molecule has 4 heteroatoms. The van der Waals surface area contributed by atoms with Crippen LogP contribution in [-0.2, 0) is 11.3 Å². The summed E-state index contributed by atoms with van der Waals surface area (Å²) in [6.45, 7) is 1.00. The molecule has 0 atom stereocenters. The molecule has 1 aliphatic rings. The van der Waals surface area contributed by atoms with Gasteiger partial charge in [0.05, 0.1) is 6.54 Å². The largest absolute Gasteiger partial charge is 0.351 e. The van der Waals surface area contributed by atoms with Crippen LogP contribution in [0.1, 0.15) is 37.7 Å². The van der Waals surface area contributed by atoms with Gasteiger partial charge in [-0.05, 0) is 30.5 Å². The van der Waals surface area contributed by atoms with Crippen molar-refractivity contribution < 1.29 is 4.79 Å². The van der Waals surface area contributed by atoms with Crippen molar-refractivity contribution in [2.45, 2.75) is 44.7 Å². The highest BCUT2D eigenvalue weighted by atomic mass is 16.1. The van der Waals surface area contributed by atoms with Gasteiger partial charge in [-0.15, -0.1) is 0 Å². The minimum Gasteiger partial charge on any atom is -0.351 e. The van der Waals surface area contributed by atoms with Gasteiger partial charge in [0.2, 0.25) is 5.91 Å². The van der Waals surface area contributed by atoms with Crippen LogP contribution in [0.4, 0.5) is 0 Å². The lowest BCUT2D eigenvalue weighted by Gasteiger charge is -2.22. The second kappa shape index (κ2) is 7.11. The topological polar surface area (TPSA) is 54.0 Å². The van der Waals surface area contributed by atoms with Gasteiger partial charge < -0.3 is 10.6 Å². The van der Waals surface area contributed by atoms with Crippen molar-refractivity contribution in [1.82, 2.24) is 15.6 Å². The van der Waals surface area contributed by atoms with Crippen molar-refractivity contribution in [3.05, 3.63) is 30.1 Å². The first kappa shape index (κ1) is 13.0. The molecule has 0 radical (unpaired) electrons. The van der Waals surface area contributed by atoms with E-state index in [1.54, 1.807) is 12.4 Å². The Morgan fingerprint density at radius 3 is 2.67 bits per heavy atom. The van der Waals surface area contributed by atoms with Crippen LogP contribution in [0.5, 0.6) is 0 Å². The number of hydrogen-bond acceptors (Lipinski definition) is 3. The van der Waals surface area contributed by atoms with Crippen molar-refractivity contribution >= 4 is 5.91 Å². The Hall–Kier alpha value is -1.42. The molecular formula is C14H21N3O. The smallest absolute Gasteiger partial charge is 0.234 e. The zero-order valence-corrected chi connectivity index (χ0v) is 10.7. The Balaban J connectivity index is 1.63. The summed E-state index contributed by atoms with van der Waals surface area (Å²) < 4.78 is 0. The lowest BCUT2D eigenvalue weighted by molar-refractivity contribution is -0.120. The third kappa shape index (κ3) is 4.45. The van der Waals surface area contributed by atoms with E-state index in [-0.39, 0.29) is 5.91 Å². The van der Waals surface area contributed by atoms with E-state index in [9.17, 15) is 4.79 Å². The van der Waals surface area contributed by atoms with E-state index < -0.39 is 0 Å². The minimum atomic E-state index is 0.0670. The molecule has 4 nitrogen and oxygen atoms in total. The summed E-state index contributed by atoms with van der Waals surface area (Å²) in [6, 6.07) is 4.36. The first-order valence-corrected chi connectivity index (χ1v) is 6.73. The van der Waals surface area contributed by atoms with E-state index in [1.807, 2.05) is 12.1 Å². The van der Waals surface area contributed by atoms with Crippen molar-refractivity contribution in [2.75, 3.05) is 6.54 Å². The Bertz CT molecular complexity index is 361. The lowest BCUT2D eigenvalue weighted by atomic mass is 9.95. The highest BCUT2D eigenvalue weighted by molar-refractivity contribution is 5.77. The molecule has 0 saturated heterocycles. The monoisotopic (exact) mass is 247 g/mol. The maximum Gasteiger partial charge on any atom is 0.234 e. The third-order valence-electron chi connectivity index (χ3n) is 3.40. The summed E-state index contributed by atoms with van der Waals surface area (Å²) >= 11 is 0. The van der Waals surface area contributed by atoms with Crippen molar-refractivity contribution in [1.29, 1.82) is 0 Å². The molecule has 18 heavy (non-hydrogen) atoms. The summed E-state index contributed by atoms with van der Waals surface area (Å²) in [6.07, 6.45) is 9.80. The van der Waals surface area contributed by atoms with E-state index in [0.717, 1.165) is 5.56 Å².